The van der Waals surface area contributed by atoms with Gasteiger partial charge >= 0.3 is 0 Å². The van der Waals surface area contributed by atoms with Crippen LogP contribution >= 0.6 is 24.0 Å². The number of nitrogens with two attached hydrogens (primary N) is 1. The Hall–Kier alpha value is -1.35. The summed E-state index contributed by atoms with van der Waals surface area (Å²) in [6.07, 6.45) is 0.658. The number of morpholine rings is 1. The molecule has 1 saturated heterocycles. The molecule has 0 saturated carbocycles. The first kappa shape index (κ1) is 18.0. The number of para-hydroxylation sites is 1. The average Bonchev–Trinajstić information content (AvgIpc) is 2.83. The predicted octanol–water partition coefficient (Wildman–Crippen LogP) is 1.23. The molecule has 2 heterocycles. The molecule has 1 aromatic rings. The summed E-state index contributed by atoms with van der Waals surface area (Å²) in [5.41, 5.74) is 8.13. The van der Waals surface area contributed by atoms with Gasteiger partial charge in [0.15, 0.2) is 5.96 Å². The fourth-order valence-corrected chi connectivity index (χ4v) is 2.95. The van der Waals surface area contributed by atoms with E-state index >= 15 is 0 Å². The number of nitrogens with zero attached hydrogens (tertiary/aromatic N) is 3. The van der Waals surface area contributed by atoms with Gasteiger partial charge in [0.1, 0.15) is 0 Å². The van der Waals surface area contributed by atoms with Gasteiger partial charge in [0.05, 0.1) is 25.7 Å². The van der Waals surface area contributed by atoms with Gasteiger partial charge in [0, 0.05) is 25.3 Å². The zero-order valence-electron chi connectivity index (χ0n) is 13.3. The highest BCUT2D eigenvalue weighted by molar-refractivity contribution is 14.0. The lowest BCUT2D eigenvalue weighted by Gasteiger charge is -2.31. The Balaban J connectivity index is 0.00000192. The van der Waals surface area contributed by atoms with Crippen LogP contribution in [-0.2, 0) is 16.0 Å². The molecule has 2 aliphatic rings. The molecule has 2 N–H and O–H groups in total. The molecule has 1 unspecified atom stereocenters. The summed E-state index contributed by atoms with van der Waals surface area (Å²) in [4.78, 5) is 20.3. The van der Waals surface area contributed by atoms with E-state index in [2.05, 4.69) is 4.99 Å². The second-order valence-corrected chi connectivity index (χ2v) is 5.72. The Morgan fingerprint density at radius 1 is 1.43 bits per heavy atom. The number of guanidine groups is 1. The van der Waals surface area contributed by atoms with Gasteiger partial charge in [-0.15, -0.1) is 24.0 Å². The van der Waals surface area contributed by atoms with E-state index < -0.39 is 0 Å². The summed E-state index contributed by atoms with van der Waals surface area (Å²) in [7, 11) is 0. The molecule has 0 aromatic heterocycles. The molecular formula is C16H23IN4O2. The SMILES string of the molecule is CC1CN(C(N)=NCCN2C(=O)Cc3ccccc32)CCO1.I. The predicted molar refractivity (Wildman–Crippen MR) is 101 cm³/mol. The number of anilines is 1. The first-order valence-corrected chi connectivity index (χ1v) is 7.70. The second-order valence-electron chi connectivity index (χ2n) is 5.72. The molecular weight excluding hydrogens is 407 g/mol. The van der Waals surface area contributed by atoms with Crippen LogP contribution in [0.4, 0.5) is 5.69 Å². The van der Waals surface area contributed by atoms with Gasteiger partial charge in [-0.25, -0.2) is 0 Å². The summed E-state index contributed by atoms with van der Waals surface area (Å²) in [6.45, 7) is 5.31. The first-order chi connectivity index (χ1) is 10.6. The lowest BCUT2D eigenvalue weighted by atomic mass is 10.2. The quantitative estimate of drug-likeness (QED) is 0.445. The molecule has 0 radical (unpaired) electrons. The molecule has 1 aromatic carbocycles. The molecule has 0 spiro atoms. The van der Waals surface area contributed by atoms with Crippen molar-refractivity contribution in [2.45, 2.75) is 19.4 Å². The van der Waals surface area contributed by atoms with Crippen molar-refractivity contribution in [2.75, 3.05) is 37.7 Å². The van der Waals surface area contributed by atoms with Crippen LogP contribution in [-0.4, -0.2) is 55.7 Å². The third-order valence-corrected chi connectivity index (χ3v) is 4.09. The first-order valence-electron chi connectivity index (χ1n) is 7.70. The lowest BCUT2D eigenvalue weighted by molar-refractivity contribution is -0.117. The largest absolute Gasteiger partial charge is 0.375 e. The third-order valence-electron chi connectivity index (χ3n) is 4.09. The summed E-state index contributed by atoms with van der Waals surface area (Å²) in [5.74, 6) is 0.671. The number of hydrogen-bond donors (Lipinski definition) is 1. The van der Waals surface area contributed by atoms with Crippen molar-refractivity contribution in [3.05, 3.63) is 29.8 Å². The number of rotatable bonds is 3. The molecule has 23 heavy (non-hydrogen) atoms. The minimum Gasteiger partial charge on any atom is -0.375 e. The van der Waals surface area contributed by atoms with E-state index in [4.69, 9.17) is 10.5 Å². The zero-order chi connectivity index (χ0) is 15.5. The van der Waals surface area contributed by atoms with Crippen LogP contribution < -0.4 is 10.6 Å². The van der Waals surface area contributed by atoms with E-state index in [1.807, 2.05) is 36.1 Å². The topological polar surface area (TPSA) is 71.2 Å². The summed E-state index contributed by atoms with van der Waals surface area (Å²) < 4.78 is 5.49. The van der Waals surface area contributed by atoms with Gasteiger partial charge in [-0.05, 0) is 18.6 Å². The van der Waals surface area contributed by atoms with Crippen LogP contribution in [0.3, 0.4) is 0 Å². The van der Waals surface area contributed by atoms with Gasteiger partial charge in [-0.3, -0.25) is 9.79 Å². The Morgan fingerprint density at radius 3 is 3.00 bits per heavy atom. The monoisotopic (exact) mass is 430 g/mol. The standard InChI is InChI=1S/C16H22N4O2.HI/c1-12-11-19(8-9-22-12)16(17)18-6-7-20-14-5-3-2-4-13(14)10-15(20)21;/h2-5,12H,6-11H2,1H3,(H2,17,18);1H. The number of ether oxygens (including phenoxy) is 1. The molecule has 1 amide bonds. The van der Waals surface area contributed by atoms with Crippen molar-refractivity contribution in [1.82, 2.24) is 4.90 Å². The Bertz CT molecular complexity index is 593. The van der Waals surface area contributed by atoms with Crippen LogP contribution in [0.2, 0.25) is 0 Å². The number of amides is 1. The molecule has 1 fully saturated rings. The Labute approximate surface area is 153 Å². The second kappa shape index (κ2) is 7.96. The molecule has 0 bridgehead atoms. The number of halogens is 1. The maximum absolute atomic E-state index is 12.1. The molecule has 1 atom stereocenters. The highest BCUT2D eigenvalue weighted by atomic mass is 127. The fourth-order valence-electron chi connectivity index (χ4n) is 2.95. The van der Waals surface area contributed by atoms with E-state index in [9.17, 15) is 4.79 Å². The molecule has 0 aliphatic carbocycles. The van der Waals surface area contributed by atoms with Crippen molar-refractivity contribution in [3.63, 3.8) is 0 Å². The minimum atomic E-state index is 0. The summed E-state index contributed by atoms with van der Waals surface area (Å²) in [6, 6.07) is 7.90. The van der Waals surface area contributed by atoms with Crippen molar-refractivity contribution in [2.24, 2.45) is 10.7 Å². The smallest absolute Gasteiger partial charge is 0.231 e. The number of aliphatic imine (C=N–C) groups is 1. The van der Waals surface area contributed by atoms with Crippen LogP contribution in [0, 0.1) is 0 Å². The van der Waals surface area contributed by atoms with Crippen LogP contribution in [0.15, 0.2) is 29.3 Å². The Kier molecular flexibility index (Phi) is 6.23. The molecule has 2 aliphatic heterocycles. The normalized spacial score (nSPS) is 21.2. The molecule has 126 valence electrons. The van der Waals surface area contributed by atoms with Crippen LogP contribution in [0.1, 0.15) is 12.5 Å². The van der Waals surface area contributed by atoms with E-state index in [0.29, 0.717) is 32.1 Å². The molecule has 7 heteroatoms. The maximum Gasteiger partial charge on any atom is 0.231 e. The number of carbonyl (C=O) groups is 1. The van der Waals surface area contributed by atoms with Gasteiger partial charge < -0.3 is 20.3 Å². The number of carbonyl (C=O) groups excluding carboxylic acids is 1. The van der Waals surface area contributed by atoms with Gasteiger partial charge in [0.2, 0.25) is 5.91 Å². The van der Waals surface area contributed by atoms with Gasteiger partial charge in [0.25, 0.3) is 0 Å². The summed E-state index contributed by atoms with van der Waals surface area (Å²) >= 11 is 0. The maximum atomic E-state index is 12.1. The van der Waals surface area contributed by atoms with Crippen molar-refractivity contribution in [3.8, 4) is 0 Å². The highest BCUT2D eigenvalue weighted by Crippen LogP contribution is 2.27. The fraction of sp³-hybridized carbons (Fsp3) is 0.500. The van der Waals surface area contributed by atoms with Crippen molar-refractivity contribution in [1.29, 1.82) is 0 Å². The lowest BCUT2D eigenvalue weighted by Crippen LogP contribution is -2.48. The van der Waals surface area contributed by atoms with E-state index in [0.717, 1.165) is 24.3 Å². The summed E-state index contributed by atoms with van der Waals surface area (Å²) in [5, 5.41) is 0. The highest BCUT2D eigenvalue weighted by Gasteiger charge is 2.26. The Morgan fingerprint density at radius 2 is 2.22 bits per heavy atom. The minimum absolute atomic E-state index is 0. The third kappa shape index (κ3) is 4.14. The number of fused-ring (bicyclic) bond motifs is 1. The van der Waals surface area contributed by atoms with Crippen molar-refractivity contribution < 1.29 is 9.53 Å². The average molecular weight is 430 g/mol. The van der Waals surface area contributed by atoms with Gasteiger partial charge in [-0.2, -0.15) is 0 Å². The van der Waals surface area contributed by atoms with E-state index in [-0.39, 0.29) is 36.0 Å². The van der Waals surface area contributed by atoms with E-state index in [1.165, 1.54) is 0 Å². The van der Waals surface area contributed by atoms with Crippen LogP contribution in [0.5, 0.6) is 0 Å². The van der Waals surface area contributed by atoms with E-state index in [1.54, 1.807) is 4.90 Å². The number of hydrogen-bond acceptors (Lipinski definition) is 3. The number of benzene rings is 1. The van der Waals surface area contributed by atoms with Gasteiger partial charge in [-0.1, -0.05) is 18.2 Å². The zero-order valence-corrected chi connectivity index (χ0v) is 15.6. The molecule has 6 nitrogen and oxygen atoms in total. The van der Waals surface area contributed by atoms with Crippen molar-refractivity contribution >= 4 is 41.5 Å². The van der Waals surface area contributed by atoms with Crippen LogP contribution in [0.25, 0.3) is 0 Å². The molecule has 3 rings (SSSR count).